The van der Waals surface area contributed by atoms with Crippen molar-refractivity contribution in [1.29, 1.82) is 0 Å². The fourth-order valence-electron chi connectivity index (χ4n) is 1.34. The molecule has 0 bridgehead atoms. The molecule has 19 heavy (non-hydrogen) atoms. The van der Waals surface area contributed by atoms with Gasteiger partial charge < -0.3 is 9.47 Å². The van der Waals surface area contributed by atoms with Crippen LogP contribution in [0.25, 0.3) is 0 Å². The number of nitrogen functional groups attached to an aromatic ring is 1. The molecule has 0 atom stereocenters. The topological polar surface area (TPSA) is 95.2 Å². The van der Waals surface area contributed by atoms with E-state index in [1.807, 2.05) is 30.5 Å². The van der Waals surface area contributed by atoms with Crippen LogP contribution in [-0.2, 0) is 0 Å². The zero-order chi connectivity index (χ0) is 13.7. The number of ether oxygens (including phenoxy) is 2. The SMILES string of the molecule is COc1nc(NN)nc(Oc2ccccc2SC)n1. The molecule has 2 rings (SSSR count). The van der Waals surface area contributed by atoms with Crippen LogP contribution in [0.5, 0.6) is 17.8 Å². The quantitative estimate of drug-likeness (QED) is 0.485. The molecule has 0 fully saturated rings. The van der Waals surface area contributed by atoms with Gasteiger partial charge in [-0.25, -0.2) is 5.84 Å². The maximum absolute atomic E-state index is 5.63. The van der Waals surface area contributed by atoms with E-state index in [1.165, 1.54) is 7.11 Å². The summed E-state index contributed by atoms with van der Waals surface area (Å²) in [6.45, 7) is 0. The number of hydrogen-bond acceptors (Lipinski definition) is 8. The van der Waals surface area contributed by atoms with Crippen molar-refractivity contribution >= 4 is 17.7 Å². The van der Waals surface area contributed by atoms with Crippen molar-refractivity contribution in [3.63, 3.8) is 0 Å². The highest BCUT2D eigenvalue weighted by Gasteiger charge is 2.10. The lowest BCUT2D eigenvalue weighted by Gasteiger charge is -2.09. The Morgan fingerprint density at radius 1 is 1.16 bits per heavy atom. The Hall–Kier alpha value is -2.06. The molecule has 0 spiro atoms. The van der Waals surface area contributed by atoms with Crippen LogP contribution >= 0.6 is 11.8 Å². The van der Waals surface area contributed by atoms with Crippen LogP contribution in [0.4, 0.5) is 5.95 Å². The Balaban J connectivity index is 2.32. The number of nitrogens with zero attached hydrogens (tertiary/aromatic N) is 3. The van der Waals surface area contributed by atoms with E-state index in [0.29, 0.717) is 5.75 Å². The van der Waals surface area contributed by atoms with Crippen molar-refractivity contribution in [3.05, 3.63) is 24.3 Å². The molecular weight excluding hydrogens is 266 g/mol. The predicted molar refractivity (Wildman–Crippen MR) is 72.5 cm³/mol. The Kier molecular flexibility index (Phi) is 4.37. The van der Waals surface area contributed by atoms with Gasteiger partial charge in [-0.05, 0) is 18.4 Å². The highest BCUT2D eigenvalue weighted by Crippen LogP contribution is 2.30. The minimum Gasteiger partial charge on any atom is -0.467 e. The number of benzene rings is 1. The summed E-state index contributed by atoms with van der Waals surface area (Å²) < 4.78 is 10.6. The second-order valence-corrected chi connectivity index (χ2v) is 4.17. The lowest BCUT2D eigenvalue weighted by molar-refractivity contribution is 0.358. The second-order valence-electron chi connectivity index (χ2n) is 3.33. The molecule has 100 valence electrons. The second kappa shape index (κ2) is 6.21. The van der Waals surface area contributed by atoms with Crippen molar-refractivity contribution in [2.45, 2.75) is 4.90 Å². The molecule has 1 aromatic carbocycles. The zero-order valence-corrected chi connectivity index (χ0v) is 11.3. The van der Waals surface area contributed by atoms with E-state index in [9.17, 15) is 0 Å². The number of anilines is 1. The molecule has 0 unspecified atom stereocenters. The van der Waals surface area contributed by atoms with Crippen molar-refractivity contribution in [1.82, 2.24) is 15.0 Å². The van der Waals surface area contributed by atoms with Crippen LogP contribution in [0.3, 0.4) is 0 Å². The first-order chi connectivity index (χ1) is 9.26. The van der Waals surface area contributed by atoms with E-state index < -0.39 is 0 Å². The number of para-hydroxylation sites is 1. The molecule has 0 amide bonds. The average molecular weight is 279 g/mol. The van der Waals surface area contributed by atoms with Gasteiger partial charge in [-0.15, -0.1) is 16.7 Å². The zero-order valence-electron chi connectivity index (χ0n) is 10.5. The van der Waals surface area contributed by atoms with Crippen LogP contribution in [0, 0.1) is 0 Å². The minimum atomic E-state index is 0.112. The van der Waals surface area contributed by atoms with Gasteiger partial charge >= 0.3 is 12.0 Å². The molecule has 0 radical (unpaired) electrons. The van der Waals surface area contributed by atoms with Gasteiger partial charge in [0.15, 0.2) is 0 Å². The average Bonchev–Trinajstić information content (AvgIpc) is 2.47. The minimum absolute atomic E-state index is 0.112. The largest absolute Gasteiger partial charge is 0.467 e. The number of thioether (sulfide) groups is 1. The van der Waals surface area contributed by atoms with Gasteiger partial charge in [0.25, 0.3) is 0 Å². The first-order valence-corrected chi connectivity index (χ1v) is 6.57. The first-order valence-electron chi connectivity index (χ1n) is 5.34. The lowest BCUT2D eigenvalue weighted by Crippen LogP contribution is -2.12. The third-order valence-corrected chi connectivity index (χ3v) is 2.95. The molecule has 0 aliphatic carbocycles. The van der Waals surface area contributed by atoms with Gasteiger partial charge in [-0.1, -0.05) is 12.1 Å². The summed E-state index contributed by atoms with van der Waals surface area (Å²) >= 11 is 1.57. The predicted octanol–water partition coefficient (Wildman–Crippen LogP) is 1.68. The van der Waals surface area contributed by atoms with Gasteiger partial charge in [0.1, 0.15) is 5.75 Å². The van der Waals surface area contributed by atoms with Crippen LogP contribution in [0.15, 0.2) is 29.2 Å². The number of hydrazine groups is 1. The summed E-state index contributed by atoms with van der Waals surface area (Å²) in [7, 11) is 1.45. The number of methoxy groups -OCH3 is 1. The molecule has 0 saturated carbocycles. The number of nitrogens with one attached hydrogen (secondary N) is 1. The van der Waals surface area contributed by atoms with Crippen LogP contribution in [0.2, 0.25) is 0 Å². The van der Waals surface area contributed by atoms with Crippen molar-refractivity contribution < 1.29 is 9.47 Å². The van der Waals surface area contributed by atoms with E-state index in [-0.39, 0.29) is 18.0 Å². The highest BCUT2D eigenvalue weighted by molar-refractivity contribution is 7.98. The number of hydrogen-bond donors (Lipinski definition) is 2. The van der Waals surface area contributed by atoms with E-state index in [1.54, 1.807) is 11.8 Å². The van der Waals surface area contributed by atoms with Crippen LogP contribution in [0.1, 0.15) is 0 Å². The summed E-state index contributed by atoms with van der Waals surface area (Å²) in [4.78, 5) is 12.9. The maximum atomic E-state index is 5.63. The van der Waals surface area contributed by atoms with Gasteiger partial charge in [-0.3, -0.25) is 5.43 Å². The van der Waals surface area contributed by atoms with E-state index in [2.05, 4.69) is 20.4 Å². The van der Waals surface area contributed by atoms with Gasteiger partial charge in [0, 0.05) is 4.90 Å². The molecule has 8 heteroatoms. The summed E-state index contributed by atoms with van der Waals surface area (Å²) in [6, 6.07) is 7.81. The van der Waals surface area contributed by atoms with Gasteiger partial charge in [0.05, 0.1) is 7.11 Å². The highest BCUT2D eigenvalue weighted by atomic mass is 32.2. The molecule has 1 aromatic heterocycles. The molecule has 1 heterocycles. The summed E-state index contributed by atoms with van der Waals surface area (Å²) in [5.41, 5.74) is 2.33. The molecular formula is C11H13N5O2S. The molecule has 0 aliphatic heterocycles. The van der Waals surface area contributed by atoms with E-state index in [4.69, 9.17) is 15.3 Å². The third-order valence-electron chi connectivity index (χ3n) is 2.18. The number of nitrogens with two attached hydrogens (primary N) is 1. The fourth-order valence-corrected chi connectivity index (χ4v) is 1.87. The lowest BCUT2D eigenvalue weighted by atomic mass is 10.3. The van der Waals surface area contributed by atoms with Crippen molar-refractivity contribution in [3.8, 4) is 17.8 Å². The summed E-state index contributed by atoms with van der Waals surface area (Å²) in [5.74, 6) is 6.10. The van der Waals surface area contributed by atoms with Crippen molar-refractivity contribution in [2.75, 3.05) is 18.8 Å². The molecule has 7 nitrogen and oxygen atoms in total. The van der Waals surface area contributed by atoms with Crippen LogP contribution in [-0.4, -0.2) is 28.3 Å². The van der Waals surface area contributed by atoms with E-state index in [0.717, 1.165) is 4.90 Å². The molecule has 2 aromatic rings. The fraction of sp³-hybridized carbons (Fsp3) is 0.182. The Morgan fingerprint density at radius 2 is 1.89 bits per heavy atom. The molecule has 0 aliphatic rings. The maximum Gasteiger partial charge on any atom is 0.330 e. The Morgan fingerprint density at radius 3 is 2.58 bits per heavy atom. The molecule has 3 N–H and O–H groups in total. The van der Waals surface area contributed by atoms with Gasteiger partial charge in [-0.2, -0.15) is 9.97 Å². The standard InChI is InChI=1S/C11H13N5O2S/c1-17-10-13-9(16-12)14-11(15-10)18-7-5-3-4-6-8(7)19-2/h3-6H,12H2,1-2H3,(H,13,14,15,16). The first kappa shape index (κ1) is 13.4. The number of rotatable bonds is 5. The Bertz CT molecular complexity index is 544. The van der Waals surface area contributed by atoms with Gasteiger partial charge in [0.2, 0.25) is 5.95 Å². The molecule has 0 saturated heterocycles. The normalized spacial score (nSPS) is 10.1. The number of aromatic nitrogens is 3. The van der Waals surface area contributed by atoms with Crippen LogP contribution < -0.4 is 20.7 Å². The smallest absolute Gasteiger partial charge is 0.330 e. The van der Waals surface area contributed by atoms with E-state index >= 15 is 0 Å². The summed E-state index contributed by atoms with van der Waals surface area (Å²) in [5, 5.41) is 0. The Labute approximate surface area is 114 Å². The summed E-state index contributed by atoms with van der Waals surface area (Å²) in [6.07, 6.45) is 1.96. The third kappa shape index (κ3) is 3.24. The van der Waals surface area contributed by atoms with Crippen molar-refractivity contribution in [2.24, 2.45) is 5.84 Å². The monoisotopic (exact) mass is 279 g/mol.